The lowest BCUT2D eigenvalue weighted by Gasteiger charge is -2.34. The third-order valence-electron chi connectivity index (χ3n) is 2.75. The summed E-state index contributed by atoms with van der Waals surface area (Å²) >= 11 is 6.31. The maximum atomic E-state index is 11.4. The van der Waals surface area contributed by atoms with Crippen LogP contribution in [0.3, 0.4) is 0 Å². The highest BCUT2D eigenvalue weighted by Gasteiger charge is 2.36. The molecule has 1 aliphatic rings. The Bertz CT molecular complexity index is 203. The molecule has 1 fully saturated rings. The number of alkyl halides is 2. The van der Waals surface area contributed by atoms with Crippen LogP contribution in [0.5, 0.6) is 0 Å². The maximum Gasteiger partial charge on any atom is 0.331 e. The van der Waals surface area contributed by atoms with Crippen molar-refractivity contribution in [2.45, 2.75) is 35.5 Å². The lowest BCUT2D eigenvalue weighted by molar-refractivity contribution is -0.668. The van der Waals surface area contributed by atoms with E-state index < -0.39 is 0 Å². The first kappa shape index (κ1) is 12.5. The molecule has 1 aliphatic heterocycles. The third-order valence-corrected chi connectivity index (χ3v) is 3.50. The summed E-state index contributed by atoms with van der Waals surface area (Å²) in [5.74, 6) is -0.214. The molecule has 0 aromatic rings. The quantitative estimate of drug-likeness (QED) is 0.623. The van der Waals surface area contributed by atoms with E-state index in [0.29, 0.717) is 0 Å². The van der Waals surface area contributed by atoms with E-state index in [-0.39, 0.29) is 15.3 Å². The maximum absolute atomic E-state index is 11.4. The average molecular weight is 330 g/mol. The van der Waals surface area contributed by atoms with Gasteiger partial charge in [0, 0.05) is 12.8 Å². The monoisotopic (exact) mass is 328 g/mol. The second-order valence-electron chi connectivity index (χ2n) is 3.62. The molecule has 5 heteroatoms. The molecule has 0 aromatic carbocycles. The molecule has 0 aromatic heterocycles. The summed E-state index contributed by atoms with van der Waals surface area (Å²) in [6, 6.07) is 0. The first-order chi connectivity index (χ1) is 6.59. The lowest BCUT2D eigenvalue weighted by Crippen LogP contribution is -2.88. The van der Waals surface area contributed by atoms with Gasteiger partial charge >= 0.3 is 5.97 Å². The van der Waals surface area contributed by atoms with Crippen molar-refractivity contribution in [3.8, 4) is 0 Å². The van der Waals surface area contributed by atoms with Gasteiger partial charge < -0.3 is 10.1 Å². The summed E-state index contributed by atoms with van der Waals surface area (Å²) in [6.07, 6.45) is 2.82. The fourth-order valence-corrected chi connectivity index (χ4v) is 1.97. The van der Waals surface area contributed by atoms with Crippen LogP contribution < -0.4 is 5.32 Å². The predicted molar refractivity (Wildman–Crippen MR) is 61.6 cm³/mol. The van der Waals surface area contributed by atoms with Gasteiger partial charge in [0.2, 0.25) is 0 Å². The zero-order valence-corrected chi connectivity index (χ0v) is 11.4. The molecule has 82 valence electrons. The van der Waals surface area contributed by atoms with Gasteiger partial charge in [0.1, 0.15) is 5.60 Å². The van der Waals surface area contributed by atoms with Crippen molar-refractivity contribution >= 4 is 37.8 Å². The van der Waals surface area contributed by atoms with Gasteiger partial charge in [0.15, 0.2) is 3.74 Å². The minimum absolute atomic E-state index is 0.214. The Morgan fingerprint density at radius 2 is 2.07 bits per heavy atom. The molecular formula is C9H16Br2NO2+. The first-order valence-electron chi connectivity index (χ1n) is 4.92. The first-order valence-corrected chi connectivity index (χ1v) is 6.75. The van der Waals surface area contributed by atoms with Crippen molar-refractivity contribution in [1.29, 1.82) is 0 Å². The van der Waals surface area contributed by atoms with Crippen LogP contribution >= 0.6 is 31.9 Å². The minimum Gasteiger partial charge on any atom is -0.457 e. The van der Waals surface area contributed by atoms with Crippen molar-refractivity contribution < 1.29 is 14.8 Å². The van der Waals surface area contributed by atoms with Crippen LogP contribution in [0.15, 0.2) is 0 Å². The molecule has 1 saturated heterocycles. The number of hydrogen-bond donors (Lipinski definition) is 1. The number of carbonyl (C=O) groups excluding carboxylic acids is 1. The molecule has 14 heavy (non-hydrogen) atoms. The van der Waals surface area contributed by atoms with Crippen LogP contribution in [-0.4, -0.2) is 28.4 Å². The van der Waals surface area contributed by atoms with Crippen LogP contribution in [0.2, 0.25) is 0 Å². The van der Waals surface area contributed by atoms with Crippen molar-refractivity contribution in [1.82, 2.24) is 0 Å². The van der Waals surface area contributed by atoms with Gasteiger partial charge in [-0.15, -0.1) is 0 Å². The van der Waals surface area contributed by atoms with Gasteiger partial charge in [-0.3, -0.25) is 0 Å². The van der Waals surface area contributed by atoms with E-state index >= 15 is 0 Å². The van der Waals surface area contributed by atoms with E-state index in [2.05, 4.69) is 44.1 Å². The van der Waals surface area contributed by atoms with Crippen LogP contribution in [0.1, 0.15) is 26.2 Å². The average Bonchev–Trinajstić information content (AvgIpc) is 2.19. The summed E-state index contributed by atoms with van der Waals surface area (Å²) in [6.45, 7) is 4.18. The van der Waals surface area contributed by atoms with E-state index in [1.54, 1.807) is 0 Å². The second-order valence-corrected chi connectivity index (χ2v) is 6.68. The number of halogens is 2. The molecule has 0 atom stereocenters. The number of esters is 1. The number of ether oxygens (including phenoxy) is 1. The van der Waals surface area contributed by atoms with Gasteiger partial charge in [-0.05, 0) is 6.42 Å². The smallest absolute Gasteiger partial charge is 0.331 e. The Kier molecular flexibility index (Phi) is 4.87. The molecule has 1 rings (SSSR count). The number of carbonyl (C=O) groups is 1. The third kappa shape index (κ3) is 3.21. The zero-order valence-electron chi connectivity index (χ0n) is 8.26. The molecule has 2 N–H and O–H groups in total. The van der Waals surface area contributed by atoms with Gasteiger partial charge in [0.05, 0.1) is 13.1 Å². The minimum atomic E-state index is -0.385. The van der Waals surface area contributed by atoms with E-state index in [4.69, 9.17) is 4.74 Å². The van der Waals surface area contributed by atoms with Crippen LogP contribution in [-0.2, 0) is 9.53 Å². The molecule has 0 amide bonds. The Hall–Kier alpha value is 0.390. The highest BCUT2D eigenvalue weighted by atomic mass is 79.9. The summed E-state index contributed by atoms with van der Waals surface area (Å²) in [4.78, 5) is 11.4. The van der Waals surface area contributed by atoms with E-state index in [9.17, 15) is 4.79 Å². The number of rotatable bonds is 3. The van der Waals surface area contributed by atoms with E-state index in [1.807, 2.05) is 0 Å². The van der Waals surface area contributed by atoms with Crippen LogP contribution in [0, 0.1) is 0 Å². The van der Waals surface area contributed by atoms with Gasteiger partial charge in [-0.1, -0.05) is 38.8 Å². The molecule has 0 spiro atoms. The molecule has 0 bridgehead atoms. The van der Waals surface area contributed by atoms with Crippen molar-refractivity contribution in [2.24, 2.45) is 0 Å². The lowest BCUT2D eigenvalue weighted by atomic mass is 9.89. The number of nitrogens with two attached hydrogens (primary N) is 1. The Labute approximate surface area is 101 Å². The summed E-state index contributed by atoms with van der Waals surface area (Å²) < 4.78 is 5.15. The molecule has 0 radical (unpaired) electrons. The number of quaternary nitrogens is 1. The normalized spacial score (nSPS) is 20.9. The van der Waals surface area contributed by atoms with Gasteiger partial charge in [-0.2, -0.15) is 0 Å². The van der Waals surface area contributed by atoms with Crippen LogP contribution in [0.25, 0.3) is 0 Å². The van der Waals surface area contributed by atoms with E-state index in [0.717, 1.165) is 32.4 Å². The highest BCUT2D eigenvalue weighted by molar-refractivity contribution is 9.25. The van der Waals surface area contributed by atoms with Gasteiger partial charge in [-0.25, -0.2) is 4.79 Å². The summed E-state index contributed by atoms with van der Waals surface area (Å²) in [5.41, 5.74) is -0.217. The fourth-order valence-electron chi connectivity index (χ4n) is 1.79. The summed E-state index contributed by atoms with van der Waals surface area (Å²) in [7, 11) is 0. The fraction of sp³-hybridized carbons (Fsp3) is 0.889. The Morgan fingerprint density at radius 3 is 2.50 bits per heavy atom. The Balaban J connectivity index is 2.56. The molecular weight excluding hydrogens is 314 g/mol. The zero-order chi connectivity index (χ0) is 10.6. The molecule has 3 nitrogen and oxygen atoms in total. The number of hydrogen-bond acceptors (Lipinski definition) is 2. The van der Waals surface area contributed by atoms with Crippen LogP contribution in [0.4, 0.5) is 0 Å². The Morgan fingerprint density at radius 1 is 1.50 bits per heavy atom. The largest absolute Gasteiger partial charge is 0.457 e. The predicted octanol–water partition coefficient (Wildman–Crippen LogP) is 1.15. The number of piperidine rings is 1. The molecule has 0 aliphatic carbocycles. The SMILES string of the molecule is CCC1(OC(=O)C(Br)Br)CC[NH2+]CC1. The second kappa shape index (κ2) is 5.47. The van der Waals surface area contributed by atoms with Crippen molar-refractivity contribution in [2.75, 3.05) is 13.1 Å². The topological polar surface area (TPSA) is 42.9 Å². The van der Waals surface area contributed by atoms with Crippen molar-refractivity contribution in [3.05, 3.63) is 0 Å². The van der Waals surface area contributed by atoms with Crippen molar-refractivity contribution in [3.63, 3.8) is 0 Å². The molecule has 1 heterocycles. The molecule has 0 saturated carbocycles. The summed E-state index contributed by atoms with van der Waals surface area (Å²) in [5, 5.41) is 2.27. The standard InChI is InChI=1S/C9H15Br2NO2/c1-2-9(3-5-12-6-4-9)14-8(13)7(10)11/h7,12H,2-6H2,1H3/p+1. The van der Waals surface area contributed by atoms with E-state index in [1.165, 1.54) is 0 Å². The van der Waals surface area contributed by atoms with Gasteiger partial charge in [0.25, 0.3) is 0 Å². The molecule has 0 unspecified atom stereocenters. The highest BCUT2D eigenvalue weighted by Crippen LogP contribution is 2.27.